The van der Waals surface area contributed by atoms with Gasteiger partial charge in [-0.15, -0.1) is 0 Å². The van der Waals surface area contributed by atoms with Gasteiger partial charge in [0.1, 0.15) is 10.5 Å². The first kappa shape index (κ1) is 11.9. The third kappa shape index (κ3) is 2.77. The molecule has 2 heterocycles. The Morgan fingerprint density at radius 1 is 1.41 bits per heavy atom. The molecule has 1 N–H and O–H groups in total. The number of aryl methyl sites for hydroxylation is 2. The molecule has 88 valence electrons. The zero-order valence-corrected chi connectivity index (χ0v) is 10.8. The fourth-order valence-corrected chi connectivity index (χ4v) is 2.01. The first-order valence-electron chi connectivity index (χ1n) is 5.72. The molecule has 17 heavy (non-hydrogen) atoms. The van der Waals surface area contributed by atoms with E-state index in [0.29, 0.717) is 4.64 Å². The van der Waals surface area contributed by atoms with Crippen LogP contribution in [0.4, 0.5) is 0 Å². The molecule has 0 aliphatic heterocycles. The summed E-state index contributed by atoms with van der Waals surface area (Å²) in [5.41, 5.74) is 3.28. The van der Waals surface area contributed by atoms with E-state index in [1.165, 1.54) is 0 Å². The highest BCUT2D eigenvalue weighted by molar-refractivity contribution is 7.71. The zero-order valence-electron chi connectivity index (χ0n) is 10.0. The van der Waals surface area contributed by atoms with Crippen LogP contribution in [0.1, 0.15) is 24.7 Å². The van der Waals surface area contributed by atoms with Crippen molar-refractivity contribution in [3.8, 4) is 11.3 Å². The molecule has 4 heteroatoms. The third-order valence-electron chi connectivity index (χ3n) is 2.59. The van der Waals surface area contributed by atoms with E-state index >= 15 is 0 Å². The lowest BCUT2D eigenvalue weighted by Gasteiger charge is -2.07. The summed E-state index contributed by atoms with van der Waals surface area (Å²) in [6.07, 6.45) is 5.62. The van der Waals surface area contributed by atoms with E-state index in [1.807, 2.05) is 25.3 Å². The Kier molecular flexibility index (Phi) is 3.64. The molecule has 3 nitrogen and oxygen atoms in total. The molecule has 0 aliphatic rings. The van der Waals surface area contributed by atoms with Crippen molar-refractivity contribution < 1.29 is 0 Å². The lowest BCUT2D eigenvalue weighted by Crippen LogP contribution is -1.98. The number of rotatable bonds is 3. The molecule has 0 saturated heterocycles. The molecule has 0 aromatic carbocycles. The van der Waals surface area contributed by atoms with Crippen LogP contribution in [-0.4, -0.2) is 15.0 Å². The highest BCUT2D eigenvalue weighted by Crippen LogP contribution is 2.20. The molecule has 0 aliphatic carbocycles. The van der Waals surface area contributed by atoms with Crippen molar-refractivity contribution in [2.24, 2.45) is 0 Å². The molecule has 2 rings (SSSR count). The number of hydrogen-bond donors (Lipinski definition) is 1. The smallest absolute Gasteiger partial charge is 0.130 e. The molecular weight excluding hydrogens is 230 g/mol. The van der Waals surface area contributed by atoms with E-state index in [1.54, 1.807) is 6.20 Å². The van der Waals surface area contributed by atoms with Crippen molar-refractivity contribution in [2.75, 3.05) is 0 Å². The minimum Gasteiger partial charge on any atom is -0.343 e. The molecule has 0 spiro atoms. The molecule has 2 aromatic rings. The Hall–Kier alpha value is -1.55. The van der Waals surface area contributed by atoms with Crippen LogP contribution in [0, 0.1) is 11.6 Å². The van der Waals surface area contributed by atoms with Crippen LogP contribution >= 0.6 is 12.2 Å². The summed E-state index contributed by atoms with van der Waals surface area (Å²) < 4.78 is 0.637. The van der Waals surface area contributed by atoms with E-state index in [-0.39, 0.29) is 0 Å². The Morgan fingerprint density at radius 2 is 2.24 bits per heavy atom. The summed E-state index contributed by atoms with van der Waals surface area (Å²) in [4.78, 5) is 11.8. The molecule has 0 bridgehead atoms. The van der Waals surface area contributed by atoms with Gasteiger partial charge in [0.15, 0.2) is 0 Å². The summed E-state index contributed by atoms with van der Waals surface area (Å²) in [6, 6.07) is 3.89. The van der Waals surface area contributed by atoms with Crippen LogP contribution in [0.15, 0.2) is 24.5 Å². The predicted molar refractivity (Wildman–Crippen MR) is 71.4 cm³/mol. The zero-order chi connectivity index (χ0) is 12.3. The fourth-order valence-electron chi connectivity index (χ4n) is 1.78. The van der Waals surface area contributed by atoms with Gasteiger partial charge in [-0.25, -0.2) is 4.98 Å². The van der Waals surface area contributed by atoms with Crippen LogP contribution < -0.4 is 0 Å². The maximum absolute atomic E-state index is 5.20. The van der Waals surface area contributed by atoms with Gasteiger partial charge in [0, 0.05) is 24.4 Å². The van der Waals surface area contributed by atoms with Crippen LogP contribution in [0.3, 0.4) is 0 Å². The lowest BCUT2D eigenvalue weighted by molar-refractivity contribution is 0.833. The molecule has 0 radical (unpaired) electrons. The summed E-state index contributed by atoms with van der Waals surface area (Å²) in [5.74, 6) is 0.950. The molecule has 2 aromatic heterocycles. The largest absolute Gasteiger partial charge is 0.343 e. The standard InChI is InChI=1S/C13H15N3S/c1-3-4-12-15-11(7-13(17)16-12)10-5-6-14-8-9(10)2/h5-8H,3-4H2,1-2H3,(H,15,16,17). The van der Waals surface area contributed by atoms with Gasteiger partial charge in [0.2, 0.25) is 0 Å². The van der Waals surface area contributed by atoms with Crippen molar-refractivity contribution >= 4 is 12.2 Å². The normalized spacial score (nSPS) is 10.5. The van der Waals surface area contributed by atoms with Crippen LogP contribution in [0.2, 0.25) is 0 Å². The van der Waals surface area contributed by atoms with Crippen molar-refractivity contribution in [1.29, 1.82) is 0 Å². The third-order valence-corrected chi connectivity index (χ3v) is 2.80. The van der Waals surface area contributed by atoms with Gasteiger partial charge in [0.05, 0.1) is 5.69 Å². The number of nitrogens with zero attached hydrogens (tertiary/aromatic N) is 2. The van der Waals surface area contributed by atoms with Crippen molar-refractivity contribution in [3.63, 3.8) is 0 Å². The Morgan fingerprint density at radius 3 is 2.94 bits per heavy atom. The van der Waals surface area contributed by atoms with Crippen molar-refractivity contribution in [3.05, 3.63) is 40.6 Å². The first-order chi connectivity index (χ1) is 8.20. The van der Waals surface area contributed by atoms with Gasteiger partial charge in [-0.1, -0.05) is 19.1 Å². The maximum atomic E-state index is 5.20. The van der Waals surface area contributed by atoms with Gasteiger partial charge >= 0.3 is 0 Å². The van der Waals surface area contributed by atoms with Gasteiger partial charge in [0.25, 0.3) is 0 Å². The van der Waals surface area contributed by atoms with Gasteiger partial charge in [-0.3, -0.25) is 4.98 Å². The SMILES string of the molecule is CCCc1nc(=S)cc(-c2ccncc2C)[nH]1. The number of nitrogens with one attached hydrogen (secondary N) is 1. The van der Waals surface area contributed by atoms with E-state index in [9.17, 15) is 0 Å². The fraction of sp³-hybridized carbons (Fsp3) is 0.308. The summed E-state index contributed by atoms with van der Waals surface area (Å²) in [6.45, 7) is 4.17. The van der Waals surface area contributed by atoms with Crippen LogP contribution in [0.25, 0.3) is 11.3 Å². The highest BCUT2D eigenvalue weighted by atomic mass is 32.1. The molecule has 0 fully saturated rings. The van der Waals surface area contributed by atoms with E-state index in [4.69, 9.17) is 12.2 Å². The minimum absolute atomic E-state index is 0.637. The van der Waals surface area contributed by atoms with E-state index in [2.05, 4.69) is 21.9 Å². The van der Waals surface area contributed by atoms with Gasteiger partial charge in [-0.2, -0.15) is 0 Å². The topological polar surface area (TPSA) is 41.6 Å². The predicted octanol–water partition coefficient (Wildman–Crippen LogP) is 3.46. The van der Waals surface area contributed by atoms with Crippen molar-refractivity contribution in [2.45, 2.75) is 26.7 Å². The molecule has 0 amide bonds. The highest BCUT2D eigenvalue weighted by Gasteiger charge is 2.04. The monoisotopic (exact) mass is 245 g/mol. The molecule has 0 unspecified atom stereocenters. The Labute approximate surface area is 106 Å². The van der Waals surface area contributed by atoms with Gasteiger partial charge < -0.3 is 4.98 Å². The quantitative estimate of drug-likeness (QED) is 0.842. The number of aromatic nitrogens is 3. The van der Waals surface area contributed by atoms with Crippen molar-refractivity contribution in [1.82, 2.24) is 15.0 Å². The lowest BCUT2D eigenvalue weighted by atomic mass is 10.1. The number of aromatic amines is 1. The van der Waals surface area contributed by atoms with E-state index in [0.717, 1.165) is 35.5 Å². The first-order valence-corrected chi connectivity index (χ1v) is 6.12. The summed E-state index contributed by atoms with van der Waals surface area (Å²) in [7, 11) is 0. The number of H-pyrrole nitrogens is 1. The average Bonchev–Trinajstić information content (AvgIpc) is 2.29. The second-order valence-electron chi connectivity index (χ2n) is 4.02. The Bertz CT molecular complexity index is 575. The average molecular weight is 245 g/mol. The van der Waals surface area contributed by atoms with E-state index < -0.39 is 0 Å². The number of hydrogen-bond acceptors (Lipinski definition) is 3. The summed E-state index contributed by atoms with van der Waals surface area (Å²) >= 11 is 5.20. The van der Waals surface area contributed by atoms with Crippen LogP contribution in [0.5, 0.6) is 0 Å². The molecule has 0 saturated carbocycles. The number of pyridine rings is 1. The molecular formula is C13H15N3S. The second-order valence-corrected chi connectivity index (χ2v) is 4.44. The van der Waals surface area contributed by atoms with Gasteiger partial charge in [-0.05, 0) is 31.0 Å². The second kappa shape index (κ2) is 5.19. The Balaban J connectivity index is 2.52. The summed E-state index contributed by atoms with van der Waals surface area (Å²) in [5, 5.41) is 0. The maximum Gasteiger partial charge on any atom is 0.130 e. The van der Waals surface area contributed by atoms with Crippen LogP contribution in [-0.2, 0) is 6.42 Å². The minimum atomic E-state index is 0.637. The molecule has 0 atom stereocenters.